The highest BCUT2D eigenvalue weighted by atomic mass is 32.2. The Bertz CT molecular complexity index is 976. The third-order valence-electron chi connectivity index (χ3n) is 4.92. The number of carbonyl (C=O) groups is 1. The van der Waals surface area contributed by atoms with Crippen molar-refractivity contribution in [2.24, 2.45) is 0 Å². The van der Waals surface area contributed by atoms with Crippen molar-refractivity contribution in [1.82, 2.24) is 19.9 Å². The van der Waals surface area contributed by atoms with Crippen molar-refractivity contribution >= 4 is 29.0 Å². The predicted octanol–water partition coefficient (Wildman–Crippen LogP) is 2.87. The van der Waals surface area contributed by atoms with Crippen molar-refractivity contribution in [3.63, 3.8) is 0 Å². The van der Waals surface area contributed by atoms with Crippen LogP contribution in [0.1, 0.15) is 27.3 Å². The molecule has 7 heteroatoms. The van der Waals surface area contributed by atoms with Crippen LogP contribution in [0.3, 0.4) is 0 Å². The van der Waals surface area contributed by atoms with E-state index in [1.807, 2.05) is 30.9 Å². The number of nitrogens with zero attached hydrogens (tertiary/aromatic N) is 4. The van der Waals surface area contributed by atoms with Gasteiger partial charge in [0.25, 0.3) is 5.91 Å². The van der Waals surface area contributed by atoms with E-state index in [4.69, 9.17) is 4.98 Å². The molecular weight excluding hydrogens is 370 g/mol. The molecule has 0 atom stereocenters. The molecule has 4 rings (SSSR count). The lowest BCUT2D eigenvalue weighted by Gasteiger charge is -2.28. The minimum Gasteiger partial charge on any atom is -0.353 e. The zero-order valence-corrected chi connectivity index (χ0v) is 17.1. The number of nitrogens with one attached hydrogen (secondary N) is 1. The number of hydrogen-bond donors (Lipinski definition) is 1. The molecule has 0 bridgehead atoms. The van der Waals surface area contributed by atoms with Crippen LogP contribution in [-0.4, -0.2) is 51.6 Å². The molecule has 0 radical (unpaired) electrons. The Kier molecular flexibility index (Phi) is 5.52. The molecule has 0 spiro atoms. The van der Waals surface area contributed by atoms with Gasteiger partial charge in [-0.1, -0.05) is 29.8 Å². The number of hydrogen-bond acceptors (Lipinski definition) is 5. The van der Waals surface area contributed by atoms with Crippen molar-refractivity contribution in [3.05, 3.63) is 59.0 Å². The maximum absolute atomic E-state index is 12.6. The van der Waals surface area contributed by atoms with Crippen LogP contribution >= 0.6 is 11.8 Å². The van der Waals surface area contributed by atoms with Crippen molar-refractivity contribution in [2.75, 3.05) is 36.0 Å². The van der Waals surface area contributed by atoms with Gasteiger partial charge in [-0.15, -0.1) is 0 Å². The van der Waals surface area contributed by atoms with Gasteiger partial charge in [0.15, 0.2) is 11.5 Å². The number of rotatable bonds is 5. The van der Waals surface area contributed by atoms with E-state index in [2.05, 4.69) is 46.5 Å². The summed E-state index contributed by atoms with van der Waals surface area (Å²) < 4.78 is 1.79. The number of aromatic nitrogens is 3. The summed E-state index contributed by atoms with van der Waals surface area (Å²) in [6, 6.07) is 10.2. The highest BCUT2D eigenvalue weighted by Crippen LogP contribution is 2.24. The molecule has 3 aromatic rings. The van der Waals surface area contributed by atoms with Gasteiger partial charge in [0, 0.05) is 37.2 Å². The number of carbonyl (C=O) groups excluding carboxylic acids is 1. The SMILES string of the molecule is Cc1ccc(CCNC(=O)c2cc3c(N4CCSCC4)nc(C)cn3n2)cc1. The largest absolute Gasteiger partial charge is 0.353 e. The van der Waals surface area contributed by atoms with E-state index in [1.165, 1.54) is 11.1 Å². The maximum atomic E-state index is 12.6. The fourth-order valence-electron chi connectivity index (χ4n) is 3.37. The highest BCUT2D eigenvalue weighted by molar-refractivity contribution is 7.99. The molecule has 2 aromatic heterocycles. The molecule has 1 N–H and O–H groups in total. The molecule has 1 saturated heterocycles. The normalized spacial score (nSPS) is 14.4. The monoisotopic (exact) mass is 395 g/mol. The smallest absolute Gasteiger partial charge is 0.271 e. The number of amides is 1. The van der Waals surface area contributed by atoms with E-state index in [0.29, 0.717) is 12.2 Å². The number of benzene rings is 1. The van der Waals surface area contributed by atoms with Crippen LogP contribution in [-0.2, 0) is 6.42 Å². The quantitative estimate of drug-likeness (QED) is 0.720. The molecule has 3 heterocycles. The Labute approximate surface area is 169 Å². The zero-order chi connectivity index (χ0) is 19.5. The first kappa shape index (κ1) is 18.8. The van der Waals surface area contributed by atoms with Gasteiger partial charge >= 0.3 is 0 Å². The summed E-state index contributed by atoms with van der Waals surface area (Å²) in [5.74, 6) is 2.98. The molecule has 28 heavy (non-hydrogen) atoms. The number of aryl methyl sites for hydroxylation is 2. The molecular formula is C21H25N5OS. The van der Waals surface area contributed by atoms with Crippen LogP contribution in [0, 0.1) is 13.8 Å². The fraction of sp³-hybridized carbons (Fsp3) is 0.381. The Morgan fingerprint density at radius 2 is 1.93 bits per heavy atom. The first-order chi connectivity index (χ1) is 13.6. The minimum atomic E-state index is -0.145. The van der Waals surface area contributed by atoms with Gasteiger partial charge in [0.2, 0.25) is 0 Å². The Morgan fingerprint density at radius 3 is 2.68 bits per heavy atom. The van der Waals surface area contributed by atoms with Gasteiger partial charge < -0.3 is 10.2 Å². The van der Waals surface area contributed by atoms with E-state index in [9.17, 15) is 4.79 Å². The van der Waals surface area contributed by atoms with Crippen LogP contribution in [0.15, 0.2) is 36.5 Å². The topological polar surface area (TPSA) is 62.5 Å². The third-order valence-corrected chi connectivity index (χ3v) is 5.86. The van der Waals surface area contributed by atoms with Gasteiger partial charge in [-0.3, -0.25) is 4.79 Å². The molecule has 6 nitrogen and oxygen atoms in total. The third kappa shape index (κ3) is 4.14. The predicted molar refractivity (Wildman–Crippen MR) is 114 cm³/mol. The molecule has 1 aliphatic rings. The summed E-state index contributed by atoms with van der Waals surface area (Å²) in [4.78, 5) is 19.6. The first-order valence-electron chi connectivity index (χ1n) is 9.63. The Hall–Kier alpha value is -2.54. The van der Waals surface area contributed by atoms with Crippen molar-refractivity contribution in [3.8, 4) is 0 Å². The first-order valence-corrected chi connectivity index (χ1v) is 10.8. The lowest BCUT2D eigenvalue weighted by Crippen LogP contribution is -2.33. The summed E-state index contributed by atoms with van der Waals surface area (Å²) in [5, 5.41) is 7.48. The van der Waals surface area contributed by atoms with Crippen LogP contribution in [0.2, 0.25) is 0 Å². The average Bonchev–Trinajstić information content (AvgIpc) is 3.13. The van der Waals surface area contributed by atoms with Gasteiger partial charge in [-0.2, -0.15) is 16.9 Å². The maximum Gasteiger partial charge on any atom is 0.271 e. The molecule has 1 fully saturated rings. The van der Waals surface area contributed by atoms with E-state index < -0.39 is 0 Å². The fourth-order valence-corrected chi connectivity index (χ4v) is 4.28. The Balaban J connectivity index is 1.48. The second kappa shape index (κ2) is 8.22. The van der Waals surface area contributed by atoms with E-state index >= 15 is 0 Å². The number of thioether (sulfide) groups is 1. The van der Waals surface area contributed by atoms with E-state index in [-0.39, 0.29) is 5.91 Å². The summed E-state index contributed by atoms with van der Waals surface area (Å²) in [7, 11) is 0. The summed E-state index contributed by atoms with van der Waals surface area (Å²) in [6.07, 6.45) is 2.68. The standard InChI is InChI=1S/C21H25N5OS/c1-15-3-5-17(6-4-15)7-8-22-21(27)18-13-19-20(25-9-11-28-12-10-25)23-16(2)14-26(19)24-18/h3-6,13-14H,7-12H2,1-2H3,(H,22,27). The molecule has 146 valence electrons. The molecule has 0 saturated carbocycles. The average molecular weight is 396 g/mol. The summed E-state index contributed by atoms with van der Waals surface area (Å²) >= 11 is 1.96. The molecule has 1 aromatic carbocycles. The molecule has 0 aliphatic carbocycles. The van der Waals surface area contributed by atoms with E-state index in [1.54, 1.807) is 4.52 Å². The Morgan fingerprint density at radius 1 is 1.18 bits per heavy atom. The van der Waals surface area contributed by atoms with Crippen LogP contribution in [0.25, 0.3) is 5.52 Å². The molecule has 1 aliphatic heterocycles. The summed E-state index contributed by atoms with van der Waals surface area (Å²) in [5.41, 5.74) is 4.68. The van der Waals surface area contributed by atoms with Crippen LogP contribution < -0.4 is 10.2 Å². The lowest BCUT2D eigenvalue weighted by molar-refractivity contribution is 0.0949. The van der Waals surface area contributed by atoms with E-state index in [0.717, 1.165) is 48.0 Å². The van der Waals surface area contributed by atoms with Crippen molar-refractivity contribution < 1.29 is 4.79 Å². The van der Waals surface area contributed by atoms with Gasteiger partial charge in [-0.25, -0.2) is 9.50 Å². The molecule has 1 amide bonds. The van der Waals surface area contributed by atoms with Crippen LogP contribution in [0.4, 0.5) is 5.82 Å². The number of fused-ring (bicyclic) bond motifs is 1. The second-order valence-corrected chi connectivity index (χ2v) is 8.38. The van der Waals surface area contributed by atoms with Gasteiger partial charge in [0.05, 0.1) is 11.9 Å². The van der Waals surface area contributed by atoms with Gasteiger partial charge in [-0.05, 0) is 25.8 Å². The minimum absolute atomic E-state index is 0.145. The number of anilines is 1. The van der Waals surface area contributed by atoms with Gasteiger partial charge in [0.1, 0.15) is 5.52 Å². The second-order valence-electron chi connectivity index (χ2n) is 7.16. The highest BCUT2D eigenvalue weighted by Gasteiger charge is 2.19. The molecule has 0 unspecified atom stereocenters. The van der Waals surface area contributed by atoms with Crippen molar-refractivity contribution in [1.29, 1.82) is 0 Å². The summed E-state index contributed by atoms with van der Waals surface area (Å²) in [6.45, 7) is 6.57. The van der Waals surface area contributed by atoms with Crippen LogP contribution in [0.5, 0.6) is 0 Å². The lowest BCUT2D eigenvalue weighted by atomic mass is 10.1. The zero-order valence-electron chi connectivity index (χ0n) is 16.3. The van der Waals surface area contributed by atoms with Crippen molar-refractivity contribution in [2.45, 2.75) is 20.3 Å².